The van der Waals surface area contributed by atoms with Crippen molar-refractivity contribution in [3.05, 3.63) is 26.9 Å². The molecule has 116 valence electrons. The summed E-state index contributed by atoms with van der Waals surface area (Å²) in [6.45, 7) is 4.43. The minimum absolute atomic E-state index is 0.0901. The van der Waals surface area contributed by atoms with Crippen LogP contribution in [-0.2, 0) is 4.79 Å². The number of nitro groups is 1. The molecule has 0 unspecified atom stereocenters. The Morgan fingerprint density at radius 2 is 2.19 bits per heavy atom. The zero-order valence-electron chi connectivity index (χ0n) is 11.9. The lowest BCUT2D eigenvalue weighted by Gasteiger charge is -2.23. The van der Waals surface area contributed by atoms with Crippen LogP contribution in [-0.4, -0.2) is 27.5 Å². The number of halogens is 1. The molecule has 0 saturated carbocycles. The van der Waals surface area contributed by atoms with Gasteiger partial charge < -0.3 is 10.4 Å². The zero-order valence-corrected chi connectivity index (χ0v) is 13.5. The molecule has 0 atom stereocenters. The van der Waals surface area contributed by atoms with Gasteiger partial charge in [0, 0.05) is 29.7 Å². The number of anilines is 1. The molecule has 1 aromatic rings. The second-order valence-corrected chi connectivity index (χ2v) is 6.43. The summed E-state index contributed by atoms with van der Waals surface area (Å²) in [5.74, 6) is -0.599. The number of aliphatic carboxylic acids is 1. The zero-order chi connectivity index (χ0) is 16.0. The van der Waals surface area contributed by atoms with Gasteiger partial charge in [0.2, 0.25) is 5.82 Å². The summed E-state index contributed by atoms with van der Waals surface area (Å²) in [5, 5.41) is 22.6. The van der Waals surface area contributed by atoms with Crippen molar-refractivity contribution in [2.45, 2.75) is 33.1 Å². The van der Waals surface area contributed by atoms with Gasteiger partial charge in [-0.05, 0) is 34.2 Å². The van der Waals surface area contributed by atoms with Gasteiger partial charge in [0.25, 0.3) is 0 Å². The molecule has 2 N–H and O–H groups in total. The molecular formula is C13H18BrN3O4. The SMILES string of the molecule is CC(C)(CCNc1ncc(Br)cc1[N+](=O)[O-])CCC(=O)O. The fraction of sp³-hybridized carbons (Fsp3) is 0.538. The molecule has 0 fully saturated rings. The summed E-state index contributed by atoms with van der Waals surface area (Å²) in [7, 11) is 0. The van der Waals surface area contributed by atoms with E-state index in [-0.39, 0.29) is 23.3 Å². The predicted molar refractivity (Wildman–Crippen MR) is 82.3 cm³/mol. The molecule has 0 aliphatic heterocycles. The minimum Gasteiger partial charge on any atom is -0.481 e. The Kier molecular flexibility index (Phi) is 6.07. The quantitative estimate of drug-likeness (QED) is 0.543. The van der Waals surface area contributed by atoms with E-state index in [1.807, 2.05) is 13.8 Å². The first-order valence-corrected chi connectivity index (χ1v) is 7.26. The minimum atomic E-state index is -0.818. The molecule has 0 amide bonds. The van der Waals surface area contributed by atoms with E-state index in [0.29, 0.717) is 23.9 Å². The maximum Gasteiger partial charge on any atom is 0.312 e. The van der Waals surface area contributed by atoms with Crippen LogP contribution in [0.25, 0.3) is 0 Å². The lowest BCUT2D eigenvalue weighted by atomic mass is 9.84. The Bertz CT molecular complexity index is 534. The van der Waals surface area contributed by atoms with Crippen LogP contribution in [0, 0.1) is 15.5 Å². The van der Waals surface area contributed by atoms with Crippen LogP contribution in [0.4, 0.5) is 11.5 Å². The van der Waals surface area contributed by atoms with Crippen molar-refractivity contribution in [2.75, 3.05) is 11.9 Å². The van der Waals surface area contributed by atoms with Crippen LogP contribution < -0.4 is 5.32 Å². The van der Waals surface area contributed by atoms with Crippen molar-refractivity contribution in [1.82, 2.24) is 4.98 Å². The van der Waals surface area contributed by atoms with Gasteiger partial charge >= 0.3 is 11.7 Å². The summed E-state index contributed by atoms with van der Waals surface area (Å²) < 4.78 is 0.543. The molecule has 0 aromatic carbocycles. The van der Waals surface area contributed by atoms with Crippen LogP contribution in [0.15, 0.2) is 16.7 Å². The molecule has 21 heavy (non-hydrogen) atoms. The molecule has 0 radical (unpaired) electrons. The summed E-state index contributed by atoms with van der Waals surface area (Å²) in [6.07, 6.45) is 2.85. The lowest BCUT2D eigenvalue weighted by Crippen LogP contribution is -2.19. The van der Waals surface area contributed by atoms with E-state index in [9.17, 15) is 14.9 Å². The van der Waals surface area contributed by atoms with E-state index in [2.05, 4.69) is 26.2 Å². The molecule has 1 heterocycles. The van der Waals surface area contributed by atoms with Crippen LogP contribution >= 0.6 is 15.9 Å². The highest BCUT2D eigenvalue weighted by molar-refractivity contribution is 9.10. The number of carboxylic acids is 1. The van der Waals surface area contributed by atoms with E-state index in [4.69, 9.17) is 5.11 Å². The van der Waals surface area contributed by atoms with Gasteiger partial charge in [-0.25, -0.2) is 4.98 Å². The number of aromatic nitrogens is 1. The summed E-state index contributed by atoms with van der Waals surface area (Å²) in [4.78, 5) is 25.0. The normalized spacial score (nSPS) is 11.2. The number of hydrogen-bond acceptors (Lipinski definition) is 5. The van der Waals surface area contributed by atoms with Gasteiger partial charge in [-0.1, -0.05) is 13.8 Å². The third-order valence-corrected chi connectivity index (χ3v) is 3.57. The van der Waals surface area contributed by atoms with Crippen LogP contribution in [0.3, 0.4) is 0 Å². The van der Waals surface area contributed by atoms with E-state index in [1.54, 1.807) is 0 Å². The predicted octanol–water partition coefficient (Wildman–Crippen LogP) is 3.45. The monoisotopic (exact) mass is 359 g/mol. The summed E-state index contributed by atoms with van der Waals surface area (Å²) in [5.41, 5.74) is -0.247. The molecule has 1 aromatic heterocycles. The van der Waals surface area contributed by atoms with E-state index >= 15 is 0 Å². The third kappa shape index (κ3) is 6.07. The third-order valence-electron chi connectivity index (χ3n) is 3.14. The van der Waals surface area contributed by atoms with Crippen molar-refractivity contribution in [3.63, 3.8) is 0 Å². The van der Waals surface area contributed by atoms with E-state index in [1.165, 1.54) is 12.3 Å². The van der Waals surface area contributed by atoms with Gasteiger partial charge in [0.05, 0.1) is 4.92 Å². The molecule has 0 aliphatic rings. The maximum atomic E-state index is 11.0. The van der Waals surface area contributed by atoms with Crippen LogP contribution in [0.2, 0.25) is 0 Å². The van der Waals surface area contributed by atoms with Gasteiger partial charge in [0.1, 0.15) is 0 Å². The molecule has 8 heteroatoms. The highest BCUT2D eigenvalue weighted by atomic mass is 79.9. The Labute approximate surface area is 131 Å². The molecule has 0 aliphatic carbocycles. The highest BCUT2D eigenvalue weighted by Gasteiger charge is 2.20. The second kappa shape index (κ2) is 7.35. The van der Waals surface area contributed by atoms with Gasteiger partial charge in [-0.15, -0.1) is 0 Å². The first-order valence-electron chi connectivity index (χ1n) is 6.47. The fourth-order valence-electron chi connectivity index (χ4n) is 1.79. The number of carboxylic acid groups (broad SMARTS) is 1. The average molecular weight is 360 g/mol. The van der Waals surface area contributed by atoms with Gasteiger partial charge in [-0.3, -0.25) is 14.9 Å². The van der Waals surface area contributed by atoms with Crippen molar-refractivity contribution in [3.8, 4) is 0 Å². The number of carbonyl (C=O) groups is 1. The highest BCUT2D eigenvalue weighted by Crippen LogP contribution is 2.28. The number of nitrogens with one attached hydrogen (secondary N) is 1. The topological polar surface area (TPSA) is 105 Å². The molecular weight excluding hydrogens is 342 g/mol. The molecule has 0 bridgehead atoms. The van der Waals surface area contributed by atoms with Crippen LogP contribution in [0.5, 0.6) is 0 Å². The molecule has 7 nitrogen and oxygen atoms in total. The van der Waals surface area contributed by atoms with E-state index < -0.39 is 10.9 Å². The second-order valence-electron chi connectivity index (χ2n) is 5.51. The largest absolute Gasteiger partial charge is 0.481 e. The summed E-state index contributed by atoms with van der Waals surface area (Å²) >= 11 is 3.15. The maximum absolute atomic E-state index is 11.0. The molecule has 0 saturated heterocycles. The number of hydrogen-bond donors (Lipinski definition) is 2. The standard InChI is InChI=1S/C13H18BrN3O4/c1-13(2,4-3-11(18)19)5-6-15-12-10(17(20)21)7-9(14)8-16-12/h7-8H,3-6H2,1-2H3,(H,15,16)(H,18,19). The Balaban J connectivity index is 2.60. The first-order chi connectivity index (χ1) is 9.71. The van der Waals surface area contributed by atoms with Crippen molar-refractivity contribution < 1.29 is 14.8 Å². The number of rotatable bonds is 8. The molecule has 0 spiro atoms. The Morgan fingerprint density at radius 1 is 1.52 bits per heavy atom. The lowest BCUT2D eigenvalue weighted by molar-refractivity contribution is -0.384. The van der Waals surface area contributed by atoms with Crippen molar-refractivity contribution in [1.29, 1.82) is 0 Å². The molecule has 1 rings (SSSR count). The van der Waals surface area contributed by atoms with Gasteiger partial charge in [0.15, 0.2) is 0 Å². The van der Waals surface area contributed by atoms with Crippen molar-refractivity contribution in [2.24, 2.45) is 5.41 Å². The summed E-state index contributed by atoms with van der Waals surface area (Å²) in [6, 6.07) is 1.39. The smallest absolute Gasteiger partial charge is 0.312 e. The number of nitrogens with zero attached hydrogens (tertiary/aromatic N) is 2. The first kappa shape index (κ1) is 17.4. The average Bonchev–Trinajstić information content (AvgIpc) is 2.38. The number of pyridine rings is 1. The Morgan fingerprint density at radius 3 is 2.76 bits per heavy atom. The fourth-order valence-corrected chi connectivity index (χ4v) is 2.11. The van der Waals surface area contributed by atoms with Gasteiger partial charge in [-0.2, -0.15) is 0 Å². The van der Waals surface area contributed by atoms with E-state index in [0.717, 1.165) is 0 Å². The van der Waals surface area contributed by atoms with Crippen molar-refractivity contribution >= 4 is 33.4 Å². The van der Waals surface area contributed by atoms with Crippen LogP contribution in [0.1, 0.15) is 33.1 Å². The Hall–Kier alpha value is -1.70.